The molecule has 3 N–H and O–H groups in total. The first-order chi connectivity index (χ1) is 16.6. The summed E-state index contributed by atoms with van der Waals surface area (Å²) < 4.78 is 7.71. The number of ether oxygens (including phenoxy) is 1. The van der Waals surface area contributed by atoms with Gasteiger partial charge in [-0.25, -0.2) is 0 Å². The van der Waals surface area contributed by atoms with E-state index in [1.807, 2.05) is 53.4 Å². The molecule has 2 aromatic carbocycles. The Hall–Kier alpha value is -3.84. The summed E-state index contributed by atoms with van der Waals surface area (Å²) in [5, 5.41) is 14.3. The molecular formula is C27H29N3O4. The number of carbonyl (C=O) groups is 2. The van der Waals surface area contributed by atoms with E-state index >= 15 is 0 Å². The molecule has 34 heavy (non-hydrogen) atoms. The van der Waals surface area contributed by atoms with E-state index in [2.05, 4.69) is 10.6 Å². The number of aliphatic hydroxyl groups excluding tert-OH is 1. The minimum absolute atomic E-state index is 0.0888. The van der Waals surface area contributed by atoms with Crippen LogP contribution in [-0.2, 0) is 4.79 Å². The molecule has 0 aliphatic heterocycles. The second-order valence-electron chi connectivity index (χ2n) is 8.28. The van der Waals surface area contributed by atoms with Crippen molar-refractivity contribution in [3.8, 4) is 11.4 Å². The maximum atomic E-state index is 12.8. The zero-order valence-corrected chi connectivity index (χ0v) is 18.9. The first kappa shape index (κ1) is 23.3. The van der Waals surface area contributed by atoms with Crippen molar-refractivity contribution in [2.24, 2.45) is 5.92 Å². The van der Waals surface area contributed by atoms with E-state index in [9.17, 15) is 9.59 Å². The van der Waals surface area contributed by atoms with Gasteiger partial charge < -0.3 is 25.0 Å². The van der Waals surface area contributed by atoms with Crippen LogP contribution in [0, 0.1) is 5.92 Å². The van der Waals surface area contributed by atoms with Gasteiger partial charge in [0.05, 0.1) is 13.2 Å². The number of aromatic nitrogens is 1. The van der Waals surface area contributed by atoms with Crippen molar-refractivity contribution >= 4 is 17.9 Å². The lowest BCUT2D eigenvalue weighted by molar-refractivity contribution is -0.117. The summed E-state index contributed by atoms with van der Waals surface area (Å²) in [4.78, 5) is 25.5. The summed E-state index contributed by atoms with van der Waals surface area (Å²) >= 11 is 0. The zero-order valence-electron chi connectivity index (χ0n) is 18.9. The molecule has 0 unspecified atom stereocenters. The van der Waals surface area contributed by atoms with Gasteiger partial charge in [0, 0.05) is 30.2 Å². The molecule has 7 heteroatoms. The largest absolute Gasteiger partial charge is 0.494 e. The van der Waals surface area contributed by atoms with Crippen LogP contribution >= 0.6 is 0 Å². The maximum absolute atomic E-state index is 12.8. The number of hydrogen-bond acceptors (Lipinski definition) is 4. The second-order valence-corrected chi connectivity index (χ2v) is 8.28. The van der Waals surface area contributed by atoms with Crippen LogP contribution in [0.5, 0.6) is 5.75 Å². The van der Waals surface area contributed by atoms with Gasteiger partial charge in [-0.2, -0.15) is 0 Å². The van der Waals surface area contributed by atoms with E-state index in [1.165, 1.54) is 12.8 Å². The van der Waals surface area contributed by atoms with Gasteiger partial charge in [0.2, 0.25) is 0 Å². The minimum atomic E-state index is -0.475. The molecule has 2 amide bonds. The summed E-state index contributed by atoms with van der Waals surface area (Å²) in [5.74, 6) is 0.643. The smallest absolute Gasteiger partial charge is 0.267 e. The van der Waals surface area contributed by atoms with E-state index < -0.39 is 11.8 Å². The molecular weight excluding hydrogens is 430 g/mol. The Balaban J connectivity index is 1.44. The molecule has 1 heterocycles. The van der Waals surface area contributed by atoms with Gasteiger partial charge in [-0.1, -0.05) is 25.0 Å². The monoisotopic (exact) mass is 459 g/mol. The lowest BCUT2D eigenvalue weighted by Crippen LogP contribution is -2.36. The summed E-state index contributed by atoms with van der Waals surface area (Å²) in [6, 6.07) is 18.4. The minimum Gasteiger partial charge on any atom is -0.494 e. The highest BCUT2D eigenvalue weighted by Crippen LogP contribution is 2.32. The molecule has 0 bridgehead atoms. The van der Waals surface area contributed by atoms with Crippen molar-refractivity contribution in [1.29, 1.82) is 0 Å². The fourth-order valence-corrected chi connectivity index (χ4v) is 3.49. The number of nitrogens with one attached hydrogen (secondary N) is 2. The Morgan fingerprint density at radius 2 is 1.74 bits per heavy atom. The second kappa shape index (κ2) is 11.3. The van der Waals surface area contributed by atoms with Crippen LogP contribution in [0.2, 0.25) is 0 Å². The fourth-order valence-electron chi connectivity index (χ4n) is 3.49. The molecule has 4 rings (SSSR count). The quantitative estimate of drug-likeness (QED) is 0.383. The first-order valence-electron chi connectivity index (χ1n) is 11.5. The van der Waals surface area contributed by atoms with Crippen LogP contribution in [0.1, 0.15) is 35.2 Å². The summed E-state index contributed by atoms with van der Waals surface area (Å²) in [6.45, 7) is 0.573. The Morgan fingerprint density at radius 1 is 1.03 bits per heavy atom. The van der Waals surface area contributed by atoms with Gasteiger partial charge in [-0.15, -0.1) is 0 Å². The van der Waals surface area contributed by atoms with Gasteiger partial charge in [-0.3, -0.25) is 9.59 Å². The van der Waals surface area contributed by atoms with E-state index in [0.717, 1.165) is 29.3 Å². The number of rotatable bonds is 11. The van der Waals surface area contributed by atoms with Crippen LogP contribution in [0.3, 0.4) is 0 Å². The van der Waals surface area contributed by atoms with Crippen LogP contribution < -0.4 is 15.4 Å². The van der Waals surface area contributed by atoms with Crippen molar-refractivity contribution in [2.45, 2.75) is 19.3 Å². The van der Waals surface area contributed by atoms with Gasteiger partial charge in [0.25, 0.3) is 11.8 Å². The molecule has 0 radical (unpaired) electrons. The lowest BCUT2D eigenvalue weighted by Gasteiger charge is -2.12. The number of amides is 2. The molecule has 1 aliphatic rings. The Labute approximate surface area is 199 Å². The average Bonchev–Trinajstić information content (AvgIpc) is 3.52. The Bertz CT molecular complexity index is 1120. The molecule has 176 valence electrons. The SMILES string of the molecule is O=C(NCCO)/C(=C/c1ccc(-n2cccc2)cc1)NC(=O)c1ccc(OCCC2CC2)cc1. The van der Waals surface area contributed by atoms with E-state index in [-0.39, 0.29) is 18.8 Å². The van der Waals surface area contributed by atoms with Crippen molar-refractivity contribution in [2.75, 3.05) is 19.8 Å². The number of nitrogens with zero attached hydrogens (tertiary/aromatic N) is 1. The van der Waals surface area contributed by atoms with Crippen LogP contribution in [0.15, 0.2) is 78.8 Å². The maximum Gasteiger partial charge on any atom is 0.267 e. The molecule has 0 saturated heterocycles. The van der Waals surface area contributed by atoms with Gasteiger partial charge in [0.1, 0.15) is 11.4 Å². The molecule has 1 fully saturated rings. The molecule has 1 aromatic heterocycles. The van der Waals surface area contributed by atoms with Gasteiger partial charge in [-0.05, 0) is 72.5 Å². The topological polar surface area (TPSA) is 92.6 Å². The Kier molecular flexibility index (Phi) is 7.78. The Morgan fingerprint density at radius 3 is 2.38 bits per heavy atom. The standard InChI is InChI=1S/C27H29N3O4/c31-17-14-28-27(33)25(19-21-5-9-23(10-6-21)30-15-1-2-16-30)29-26(32)22-7-11-24(12-8-22)34-18-13-20-3-4-20/h1-2,5-12,15-16,19-20,31H,3-4,13-14,17-18H2,(H,28,33)(H,29,32)/b25-19-. The third-order valence-corrected chi connectivity index (χ3v) is 5.61. The van der Waals surface area contributed by atoms with Crippen molar-refractivity contribution in [1.82, 2.24) is 15.2 Å². The number of carbonyl (C=O) groups excluding carboxylic acids is 2. The normalized spacial score (nSPS) is 13.4. The number of hydrogen-bond donors (Lipinski definition) is 3. The zero-order chi connectivity index (χ0) is 23.8. The molecule has 1 saturated carbocycles. The van der Waals surface area contributed by atoms with Crippen LogP contribution in [-0.4, -0.2) is 41.2 Å². The van der Waals surface area contributed by atoms with Crippen molar-refractivity contribution < 1.29 is 19.4 Å². The van der Waals surface area contributed by atoms with Gasteiger partial charge >= 0.3 is 0 Å². The summed E-state index contributed by atoms with van der Waals surface area (Å²) in [6.07, 6.45) is 9.15. The first-order valence-corrected chi connectivity index (χ1v) is 11.5. The predicted octanol–water partition coefficient (Wildman–Crippen LogP) is 3.54. The molecule has 3 aromatic rings. The summed E-state index contributed by atoms with van der Waals surface area (Å²) in [5.41, 5.74) is 2.25. The van der Waals surface area contributed by atoms with E-state index in [1.54, 1.807) is 30.3 Å². The predicted molar refractivity (Wildman–Crippen MR) is 131 cm³/mol. The highest BCUT2D eigenvalue weighted by molar-refractivity contribution is 6.05. The molecule has 0 spiro atoms. The highest BCUT2D eigenvalue weighted by atomic mass is 16.5. The third-order valence-electron chi connectivity index (χ3n) is 5.61. The van der Waals surface area contributed by atoms with Crippen LogP contribution in [0.25, 0.3) is 11.8 Å². The lowest BCUT2D eigenvalue weighted by atomic mass is 10.1. The number of benzene rings is 2. The third kappa shape index (κ3) is 6.59. The fraction of sp³-hybridized carbons (Fsp3) is 0.259. The van der Waals surface area contributed by atoms with Crippen molar-refractivity contribution in [3.05, 3.63) is 89.9 Å². The average molecular weight is 460 g/mol. The van der Waals surface area contributed by atoms with Gasteiger partial charge in [0.15, 0.2) is 0 Å². The van der Waals surface area contributed by atoms with Crippen molar-refractivity contribution in [3.63, 3.8) is 0 Å². The van der Waals surface area contributed by atoms with E-state index in [4.69, 9.17) is 9.84 Å². The van der Waals surface area contributed by atoms with E-state index in [0.29, 0.717) is 12.2 Å². The molecule has 7 nitrogen and oxygen atoms in total. The molecule has 0 atom stereocenters. The van der Waals surface area contributed by atoms with Crippen LogP contribution in [0.4, 0.5) is 0 Å². The molecule has 1 aliphatic carbocycles. The summed E-state index contributed by atoms with van der Waals surface area (Å²) in [7, 11) is 0. The number of aliphatic hydroxyl groups is 1. The highest BCUT2D eigenvalue weighted by Gasteiger charge is 2.20.